The van der Waals surface area contributed by atoms with Crippen molar-refractivity contribution in [2.45, 2.75) is 24.7 Å². The first-order valence-electron chi connectivity index (χ1n) is 7.33. The number of nitrogens with zero attached hydrogens (tertiary/aromatic N) is 2. The summed E-state index contributed by atoms with van der Waals surface area (Å²) < 4.78 is 4.20. The van der Waals surface area contributed by atoms with E-state index in [1.165, 1.54) is 21.7 Å². The van der Waals surface area contributed by atoms with Gasteiger partial charge in [-0.25, -0.2) is 0 Å². The Morgan fingerprint density at radius 3 is 2.24 bits per heavy atom. The summed E-state index contributed by atoms with van der Waals surface area (Å²) in [7, 11) is 0. The highest BCUT2D eigenvalue weighted by Gasteiger charge is 2.31. The molecule has 3 aromatic rings. The fourth-order valence-corrected chi connectivity index (χ4v) is 4.10. The SMILES string of the molecule is c1ccc(C2Cc3nnsc3C(c3ccccc3)C2)cc1. The number of benzene rings is 2. The van der Waals surface area contributed by atoms with Crippen LogP contribution < -0.4 is 0 Å². The van der Waals surface area contributed by atoms with Gasteiger partial charge >= 0.3 is 0 Å². The van der Waals surface area contributed by atoms with Crippen molar-refractivity contribution in [3.05, 3.63) is 82.4 Å². The lowest BCUT2D eigenvalue weighted by Crippen LogP contribution is -2.17. The Morgan fingerprint density at radius 1 is 0.857 bits per heavy atom. The number of rotatable bonds is 2. The molecule has 2 nitrogen and oxygen atoms in total. The molecule has 0 aliphatic heterocycles. The molecule has 1 aliphatic carbocycles. The molecule has 0 bridgehead atoms. The van der Waals surface area contributed by atoms with E-state index in [4.69, 9.17) is 0 Å². The van der Waals surface area contributed by atoms with Gasteiger partial charge in [-0.1, -0.05) is 65.2 Å². The second kappa shape index (κ2) is 5.41. The Labute approximate surface area is 128 Å². The van der Waals surface area contributed by atoms with Crippen molar-refractivity contribution in [2.24, 2.45) is 0 Å². The predicted octanol–water partition coefficient (Wildman–Crippen LogP) is 4.40. The first-order valence-corrected chi connectivity index (χ1v) is 8.10. The maximum atomic E-state index is 4.38. The van der Waals surface area contributed by atoms with Crippen molar-refractivity contribution in [1.29, 1.82) is 0 Å². The van der Waals surface area contributed by atoms with Crippen LogP contribution >= 0.6 is 11.5 Å². The molecule has 0 saturated carbocycles. The summed E-state index contributed by atoms with van der Waals surface area (Å²) in [4.78, 5) is 1.35. The molecule has 1 aromatic heterocycles. The van der Waals surface area contributed by atoms with Crippen LogP contribution in [-0.2, 0) is 6.42 Å². The summed E-state index contributed by atoms with van der Waals surface area (Å²) >= 11 is 1.56. The Kier molecular flexibility index (Phi) is 3.28. The molecule has 21 heavy (non-hydrogen) atoms. The van der Waals surface area contributed by atoms with Gasteiger partial charge < -0.3 is 0 Å². The van der Waals surface area contributed by atoms with Crippen LogP contribution in [0.4, 0.5) is 0 Å². The highest BCUT2D eigenvalue weighted by atomic mass is 32.1. The van der Waals surface area contributed by atoms with Crippen molar-refractivity contribution in [3.63, 3.8) is 0 Å². The molecule has 104 valence electrons. The molecule has 0 N–H and O–H groups in total. The van der Waals surface area contributed by atoms with Crippen molar-refractivity contribution in [3.8, 4) is 0 Å². The Morgan fingerprint density at radius 2 is 1.52 bits per heavy atom. The van der Waals surface area contributed by atoms with Crippen LogP contribution in [0, 0.1) is 0 Å². The third-order valence-corrected chi connectivity index (χ3v) is 5.21. The van der Waals surface area contributed by atoms with Gasteiger partial charge in [0.15, 0.2) is 0 Å². The normalized spacial score (nSPS) is 21.0. The number of hydrogen-bond acceptors (Lipinski definition) is 3. The molecule has 1 heterocycles. The second-order valence-corrected chi connectivity index (χ2v) is 6.38. The quantitative estimate of drug-likeness (QED) is 0.699. The molecule has 2 atom stereocenters. The van der Waals surface area contributed by atoms with Crippen LogP contribution in [0.5, 0.6) is 0 Å². The van der Waals surface area contributed by atoms with Crippen LogP contribution in [0.1, 0.15) is 40.0 Å². The molecule has 0 saturated heterocycles. The van der Waals surface area contributed by atoms with Gasteiger partial charge in [0.25, 0.3) is 0 Å². The molecule has 1 aliphatic rings. The summed E-state index contributed by atoms with van der Waals surface area (Å²) in [6, 6.07) is 21.6. The zero-order valence-corrected chi connectivity index (χ0v) is 12.5. The molecule has 3 heteroatoms. The molecular formula is C18H16N2S. The number of fused-ring (bicyclic) bond motifs is 1. The predicted molar refractivity (Wildman–Crippen MR) is 85.7 cm³/mol. The van der Waals surface area contributed by atoms with Gasteiger partial charge in [-0.2, -0.15) is 0 Å². The second-order valence-electron chi connectivity index (χ2n) is 5.59. The molecule has 0 amide bonds. The minimum absolute atomic E-state index is 0.431. The van der Waals surface area contributed by atoms with Gasteiger partial charge in [-0.3, -0.25) is 0 Å². The topological polar surface area (TPSA) is 25.8 Å². The summed E-state index contributed by atoms with van der Waals surface area (Å²) in [5.74, 6) is 0.966. The lowest BCUT2D eigenvalue weighted by Gasteiger charge is -2.28. The van der Waals surface area contributed by atoms with Gasteiger partial charge in [-0.15, -0.1) is 5.10 Å². The maximum absolute atomic E-state index is 4.38. The standard InChI is InChI=1S/C18H16N2S/c1-3-7-13(8-4-1)15-11-16(14-9-5-2-6-10-14)18-17(12-15)19-20-21-18/h1-10,15-16H,11-12H2. The van der Waals surface area contributed by atoms with Crippen molar-refractivity contribution >= 4 is 11.5 Å². The van der Waals surface area contributed by atoms with E-state index in [0.717, 1.165) is 12.8 Å². The average molecular weight is 292 g/mol. The Bertz CT molecular complexity index is 721. The van der Waals surface area contributed by atoms with Crippen molar-refractivity contribution < 1.29 is 0 Å². The van der Waals surface area contributed by atoms with Gasteiger partial charge in [0.1, 0.15) is 0 Å². The highest BCUT2D eigenvalue weighted by Crippen LogP contribution is 2.43. The summed E-state index contributed by atoms with van der Waals surface area (Å²) in [5, 5.41) is 4.38. The first-order chi connectivity index (χ1) is 10.4. The molecule has 4 rings (SSSR count). The van der Waals surface area contributed by atoms with Crippen molar-refractivity contribution in [1.82, 2.24) is 9.59 Å². The summed E-state index contributed by atoms with van der Waals surface area (Å²) in [6.45, 7) is 0. The van der Waals surface area contributed by atoms with Crippen LogP contribution in [0.15, 0.2) is 60.7 Å². The molecule has 0 spiro atoms. The zero-order chi connectivity index (χ0) is 14.1. The zero-order valence-electron chi connectivity index (χ0n) is 11.6. The van der Waals surface area contributed by atoms with E-state index in [0.29, 0.717) is 11.8 Å². The van der Waals surface area contributed by atoms with Gasteiger partial charge in [0, 0.05) is 5.92 Å². The largest absolute Gasteiger partial charge is 0.143 e. The van der Waals surface area contributed by atoms with Crippen molar-refractivity contribution in [2.75, 3.05) is 0 Å². The number of aromatic nitrogens is 2. The molecule has 2 aromatic carbocycles. The molecule has 0 fully saturated rings. The first kappa shape index (κ1) is 12.7. The van der Waals surface area contributed by atoms with Gasteiger partial charge in [0.05, 0.1) is 10.6 Å². The third kappa shape index (κ3) is 2.38. The van der Waals surface area contributed by atoms with Crippen LogP contribution in [0.2, 0.25) is 0 Å². The monoisotopic (exact) mass is 292 g/mol. The smallest absolute Gasteiger partial charge is 0.0799 e. The number of hydrogen-bond donors (Lipinski definition) is 0. The van der Waals surface area contributed by atoms with E-state index in [-0.39, 0.29) is 0 Å². The average Bonchev–Trinajstić information content (AvgIpc) is 3.04. The van der Waals surface area contributed by atoms with E-state index < -0.39 is 0 Å². The lowest BCUT2D eigenvalue weighted by molar-refractivity contribution is 0.534. The van der Waals surface area contributed by atoms with Gasteiger partial charge in [-0.05, 0) is 41.4 Å². The van der Waals surface area contributed by atoms with E-state index in [9.17, 15) is 0 Å². The Balaban J connectivity index is 1.74. The minimum Gasteiger partial charge on any atom is -0.143 e. The van der Waals surface area contributed by atoms with Crippen LogP contribution in [0.3, 0.4) is 0 Å². The van der Waals surface area contributed by atoms with Crippen LogP contribution in [0.25, 0.3) is 0 Å². The highest BCUT2D eigenvalue weighted by molar-refractivity contribution is 7.05. The van der Waals surface area contributed by atoms with E-state index in [1.807, 2.05) is 0 Å². The molecular weight excluding hydrogens is 276 g/mol. The maximum Gasteiger partial charge on any atom is 0.0799 e. The Hall–Kier alpha value is -2.00. The van der Waals surface area contributed by atoms with Crippen LogP contribution in [-0.4, -0.2) is 9.59 Å². The molecule has 2 unspecified atom stereocenters. The van der Waals surface area contributed by atoms with E-state index in [1.54, 1.807) is 11.5 Å². The van der Waals surface area contributed by atoms with E-state index in [2.05, 4.69) is 70.3 Å². The fourth-order valence-electron chi connectivity index (χ4n) is 3.28. The lowest BCUT2D eigenvalue weighted by atomic mass is 9.77. The summed E-state index contributed by atoms with van der Waals surface area (Å²) in [6.07, 6.45) is 2.16. The van der Waals surface area contributed by atoms with Gasteiger partial charge in [0.2, 0.25) is 0 Å². The summed E-state index contributed by atoms with van der Waals surface area (Å²) in [5.41, 5.74) is 3.98. The fraction of sp³-hybridized carbons (Fsp3) is 0.222. The minimum atomic E-state index is 0.431. The molecule has 0 radical (unpaired) electrons. The third-order valence-electron chi connectivity index (χ3n) is 4.33. The van der Waals surface area contributed by atoms with E-state index >= 15 is 0 Å².